The maximum absolute atomic E-state index is 2.89. The molecule has 13 heavy (non-hydrogen) atoms. The Morgan fingerprint density at radius 2 is 0.846 bits per heavy atom. The van der Waals surface area contributed by atoms with Gasteiger partial charge in [0.05, 0.1) is 0 Å². The summed E-state index contributed by atoms with van der Waals surface area (Å²) in [5.41, 5.74) is 0. The monoisotopic (exact) mass is 282 g/mol. The van der Waals surface area contributed by atoms with Crippen LogP contribution in [0.2, 0.25) is 0 Å². The average molecular weight is 281 g/mol. The van der Waals surface area contributed by atoms with E-state index in [2.05, 4.69) is 12.1 Å². The second-order valence-corrected chi connectivity index (χ2v) is 2.15. The summed E-state index contributed by atoms with van der Waals surface area (Å²) in [6.07, 6.45) is 0. The van der Waals surface area contributed by atoms with Gasteiger partial charge in [0.1, 0.15) is 0 Å². The fourth-order valence-corrected chi connectivity index (χ4v) is 0.684. The summed E-state index contributed by atoms with van der Waals surface area (Å²) in [6, 6.07) is 25.0. The zero-order chi connectivity index (χ0) is 8.49. The van der Waals surface area contributed by atoms with E-state index in [4.69, 9.17) is 0 Å². The van der Waals surface area contributed by atoms with Crippen LogP contribution < -0.4 is 0 Å². The van der Waals surface area contributed by atoms with Crippen molar-refractivity contribution in [1.29, 1.82) is 0 Å². The van der Waals surface area contributed by atoms with Crippen LogP contribution in [-0.2, 0) is 0 Å². The molecule has 0 N–H and O–H groups in total. The maximum Gasteiger partial charge on any atom is 2.00 e. The fraction of sp³-hybridized carbons (Fsp3) is 0. The van der Waals surface area contributed by atoms with Crippen molar-refractivity contribution >= 4 is 23.9 Å². The molecule has 0 saturated carbocycles. The second kappa shape index (κ2) is 9.33. The summed E-state index contributed by atoms with van der Waals surface area (Å²) in [7, 11) is 0. The first-order chi connectivity index (χ1) is 6.00. The standard InChI is InChI=1S/2C6H5.Sn.4H2/c2*1-2-4-6-5-3-1;;;;;/h2*1-5H;;4*1H/q;;+2;;;;. The molecule has 0 heterocycles. The Morgan fingerprint density at radius 3 is 0.923 bits per heavy atom. The van der Waals surface area contributed by atoms with Crippen LogP contribution in [0.4, 0.5) is 0 Å². The molecule has 0 nitrogen and oxygen atoms in total. The van der Waals surface area contributed by atoms with Crippen molar-refractivity contribution in [3.8, 4) is 0 Å². The first kappa shape index (κ1) is 12.2. The van der Waals surface area contributed by atoms with Crippen LogP contribution in [0, 0.1) is 12.1 Å². The van der Waals surface area contributed by atoms with Crippen LogP contribution in [0.15, 0.2) is 60.7 Å². The van der Waals surface area contributed by atoms with Gasteiger partial charge in [-0.05, 0) is 12.1 Å². The Balaban J connectivity index is -0.0000000436. The van der Waals surface area contributed by atoms with Gasteiger partial charge in [-0.25, -0.2) is 0 Å². The molecule has 0 aliphatic heterocycles. The minimum absolute atomic E-state index is 0. The molecule has 0 amide bonds. The molecule has 2 aromatic carbocycles. The van der Waals surface area contributed by atoms with E-state index < -0.39 is 0 Å². The molecule has 0 fully saturated rings. The van der Waals surface area contributed by atoms with Crippen molar-refractivity contribution in [3.05, 3.63) is 72.8 Å². The summed E-state index contributed by atoms with van der Waals surface area (Å²) >= 11 is 0. The topological polar surface area (TPSA) is 0 Å². The number of hydrogen-bond acceptors (Lipinski definition) is 0. The van der Waals surface area contributed by atoms with Gasteiger partial charge in [-0.1, -0.05) is 60.7 Å². The van der Waals surface area contributed by atoms with Gasteiger partial charge in [-0.3, -0.25) is 0 Å². The molecule has 1 heteroatoms. The van der Waals surface area contributed by atoms with E-state index in [0.717, 1.165) is 0 Å². The Morgan fingerprint density at radius 1 is 0.538 bits per heavy atom. The van der Waals surface area contributed by atoms with E-state index in [9.17, 15) is 0 Å². The predicted molar refractivity (Wildman–Crippen MR) is 64.8 cm³/mol. The summed E-state index contributed by atoms with van der Waals surface area (Å²) in [5.74, 6) is 0. The molecule has 68 valence electrons. The smallest absolute Gasteiger partial charge is 0.0622 e. The molecule has 0 atom stereocenters. The summed E-state index contributed by atoms with van der Waals surface area (Å²) in [5, 5.41) is 0. The van der Waals surface area contributed by atoms with Crippen LogP contribution in [0.3, 0.4) is 0 Å². The average Bonchev–Trinajstić information content (AvgIpc) is 2.24. The Hall–Kier alpha value is -0.761. The van der Waals surface area contributed by atoms with Crippen molar-refractivity contribution in [2.75, 3.05) is 0 Å². The normalized spacial score (nSPS) is 7.38. The van der Waals surface area contributed by atoms with Gasteiger partial charge >= 0.3 is 23.9 Å². The van der Waals surface area contributed by atoms with Gasteiger partial charge < -0.3 is 0 Å². The fourth-order valence-electron chi connectivity index (χ4n) is 0.684. The molecule has 0 aliphatic rings. The molecule has 0 unspecified atom stereocenters. The minimum atomic E-state index is 0. The predicted octanol–water partition coefficient (Wildman–Crippen LogP) is 3.58. The van der Waals surface area contributed by atoms with Crippen LogP contribution in [0.5, 0.6) is 0 Å². The molecule has 0 aliphatic carbocycles. The van der Waals surface area contributed by atoms with E-state index >= 15 is 0 Å². The second-order valence-electron chi connectivity index (χ2n) is 2.15. The van der Waals surface area contributed by atoms with E-state index in [1.54, 1.807) is 0 Å². The molecule has 0 saturated heterocycles. The number of rotatable bonds is 0. The third-order valence-electron chi connectivity index (χ3n) is 1.21. The molecular formula is C12H18Sn+2. The van der Waals surface area contributed by atoms with Gasteiger partial charge in [-0.2, -0.15) is 0 Å². The molecule has 2 aromatic rings. The Bertz CT molecular complexity index is 194. The maximum atomic E-state index is 2.89. The summed E-state index contributed by atoms with van der Waals surface area (Å²) in [4.78, 5) is 0. The quantitative estimate of drug-likeness (QED) is 0.647. The molecule has 0 aromatic heterocycles. The number of benzene rings is 2. The van der Waals surface area contributed by atoms with E-state index in [1.165, 1.54) is 0 Å². The zero-order valence-corrected chi connectivity index (χ0v) is 10.1. The van der Waals surface area contributed by atoms with Crippen molar-refractivity contribution in [3.63, 3.8) is 0 Å². The van der Waals surface area contributed by atoms with Crippen molar-refractivity contribution in [2.24, 2.45) is 0 Å². The summed E-state index contributed by atoms with van der Waals surface area (Å²) < 4.78 is 0. The first-order valence-electron chi connectivity index (χ1n) is 3.82. The van der Waals surface area contributed by atoms with Crippen molar-refractivity contribution in [1.82, 2.24) is 0 Å². The van der Waals surface area contributed by atoms with Gasteiger partial charge in [0.15, 0.2) is 0 Å². The van der Waals surface area contributed by atoms with Crippen LogP contribution in [-0.4, -0.2) is 23.9 Å². The third kappa shape index (κ3) is 7.59. The Labute approximate surface area is 103 Å². The van der Waals surface area contributed by atoms with Crippen molar-refractivity contribution in [2.45, 2.75) is 0 Å². The van der Waals surface area contributed by atoms with Crippen LogP contribution >= 0.6 is 0 Å². The molecule has 0 spiro atoms. The van der Waals surface area contributed by atoms with Crippen molar-refractivity contribution < 1.29 is 5.71 Å². The van der Waals surface area contributed by atoms with Crippen LogP contribution in [0.1, 0.15) is 5.71 Å². The first-order valence-corrected chi connectivity index (χ1v) is 3.82. The van der Waals surface area contributed by atoms with Gasteiger partial charge in [-0.15, -0.1) is 0 Å². The molecular weight excluding hydrogens is 263 g/mol. The Kier molecular flexibility index (Phi) is 8.78. The largest absolute Gasteiger partial charge is 2.00 e. The van der Waals surface area contributed by atoms with Gasteiger partial charge in [0.25, 0.3) is 0 Å². The number of hydrogen-bond donors (Lipinski definition) is 0. The molecule has 4 radical (unpaired) electrons. The van der Waals surface area contributed by atoms with E-state index in [1.807, 2.05) is 60.7 Å². The third-order valence-corrected chi connectivity index (χ3v) is 1.21. The molecule has 2 rings (SSSR count). The summed E-state index contributed by atoms with van der Waals surface area (Å²) in [6.45, 7) is 0. The minimum Gasteiger partial charge on any atom is -0.0622 e. The van der Waals surface area contributed by atoms with Gasteiger partial charge in [0.2, 0.25) is 0 Å². The van der Waals surface area contributed by atoms with Crippen LogP contribution in [0.25, 0.3) is 0 Å². The van der Waals surface area contributed by atoms with E-state index in [-0.39, 0.29) is 29.6 Å². The zero-order valence-electron chi connectivity index (χ0n) is 7.27. The molecule has 0 bridgehead atoms. The van der Waals surface area contributed by atoms with E-state index in [0.29, 0.717) is 0 Å². The van der Waals surface area contributed by atoms with Gasteiger partial charge in [0, 0.05) is 5.71 Å². The SMILES string of the molecule is [HH].[HH].[HH].[HH].[Sn+2].[c]1ccccc1.[c]1ccccc1.